The summed E-state index contributed by atoms with van der Waals surface area (Å²) in [4.78, 5) is 21.9. The van der Waals surface area contributed by atoms with E-state index in [-0.39, 0.29) is 5.69 Å². The Bertz CT molecular complexity index is 435. The van der Waals surface area contributed by atoms with Gasteiger partial charge in [-0.1, -0.05) is 13.8 Å². The van der Waals surface area contributed by atoms with Crippen LogP contribution in [-0.4, -0.2) is 16.5 Å². The maximum Gasteiger partial charge on any atom is 0.338 e. The molecule has 0 spiro atoms. The van der Waals surface area contributed by atoms with Crippen LogP contribution >= 0.6 is 0 Å². The molecule has 0 amide bonds. The topological polar surface area (TPSA) is 69.4 Å². The molecule has 0 aliphatic carbocycles. The molecule has 0 fully saturated rings. The lowest BCUT2D eigenvalue weighted by atomic mass is 10.00. The van der Waals surface area contributed by atoms with Gasteiger partial charge in [0.1, 0.15) is 5.60 Å². The number of esters is 1. The molecule has 0 aliphatic heterocycles. The van der Waals surface area contributed by atoms with Crippen molar-refractivity contribution in [2.24, 2.45) is 0 Å². The molecule has 0 saturated heterocycles. The van der Waals surface area contributed by atoms with Crippen LogP contribution in [0.5, 0.6) is 0 Å². The fraction of sp³-hybridized carbons (Fsp3) is 0.462. The van der Waals surface area contributed by atoms with Crippen molar-refractivity contribution < 1.29 is 14.5 Å². The fourth-order valence-electron chi connectivity index (χ4n) is 1.40. The van der Waals surface area contributed by atoms with Crippen LogP contribution in [-0.2, 0) is 4.74 Å². The lowest BCUT2D eigenvalue weighted by Gasteiger charge is -2.26. The molecule has 98 valence electrons. The molecule has 1 rings (SSSR count). The van der Waals surface area contributed by atoms with Crippen molar-refractivity contribution in [1.82, 2.24) is 0 Å². The van der Waals surface area contributed by atoms with Crippen molar-refractivity contribution in [3.63, 3.8) is 0 Å². The van der Waals surface area contributed by atoms with E-state index in [1.165, 1.54) is 24.3 Å². The van der Waals surface area contributed by atoms with Crippen molar-refractivity contribution in [2.75, 3.05) is 0 Å². The minimum Gasteiger partial charge on any atom is -0.456 e. The molecule has 0 N–H and O–H groups in total. The molecule has 1 aromatic rings. The highest BCUT2D eigenvalue weighted by molar-refractivity contribution is 5.89. The summed E-state index contributed by atoms with van der Waals surface area (Å²) in [5.41, 5.74) is -0.201. The van der Waals surface area contributed by atoms with Gasteiger partial charge in [-0.05, 0) is 31.9 Å². The predicted molar refractivity (Wildman–Crippen MR) is 67.5 cm³/mol. The molecule has 0 aromatic heterocycles. The smallest absolute Gasteiger partial charge is 0.338 e. The van der Waals surface area contributed by atoms with Gasteiger partial charge in [0.05, 0.1) is 10.5 Å². The van der Waals surface area contributed by atoms with Gasteiger partial charge in [-0.3, -0.25) is 10.1 Å². The van der Waals surface area contributed by atoms with Crippen LogP contribution in [0.2, 0.25) is 0 Å². The van der Waals surface area contributed by atoms with Gasteiger partial charge in [0.25, 0.3) is 5.69 Å². The molecule has 0 atom stereocenters. The lowest BCUT2D eigenvalue weighted by molar-refractivity contribution is -0.384. The quantitative estimate of drug-likeness (QED) is 0.457. The number of rotatable bonds is 5. The zero-order valence-corrected chi connectivity index (χ0v) is 10.8. The number of nitro groups is 1. The van der Waals surface area contributed by atoms with Crippen molar-refractivity contribution in [3.8, 4) is 0 Å². The largest absolute Gasteiger partial charge is 0.456 e. The van der Waals surface area contributed by atoms with E-state index in [1.807, 2.05) is 20.8 Å². The molecule has 18 heavy (non-hydrogen) atoms. The van der Waals surface area contributed by atoms with Gasteiger partial charge in [-0.2, -0.15) is 0 Å². The predicted octanol–water partition coefficient (Wildman–Crippen LogP) is 3.33. The third kappa shape index (κ3) is 3.29. The second-order valence-electron chi connectivity index (χ2n) is 4.35. The Labute approximate surface area is 106 Å². The first-order valence-electron chi connectivity index (χ1n) is 5.89. The summed E-state index contributed by atoms with van der Waals surface area (Å²) in [7, 11) is 0. The molecule has 1 aromatic carbocycles. The Morgan fingerprint density at radius 3 is 2.17 bits per heavy atom. The van der Waals surface area contributed by atoms with Crippen molar-refractivity contribution in [3.05, 3.63) is 39.9 Å². The van der Waals surface area contributed by atoms with Gasteiger partial charge in [0.15, 0.2) is 0 Å². The summed E-state index contributed by atoms with van der Waals surface area (Å²) >= 11 is 0. The molecule has 0 heterocycles. The molecular weight excluding hydrogens is 234 g/mol. The van der Waals surface area contributed by atoms with Gasteiger partial charge in [-0.15, -0.1) is 0 Å². The zero-order valence-electron chi connectivity index (χ0n) is 10.8. The average Bonchev–Trinajstić information content (AvgIpc) is 2.38. The lowest BCUT2D eigenvalue weighted by Crippen LogP contribution is -2.30. The van der Waals surface area contributed by atoms with Crippen LogP contribution in [0.25, 0.3) is 0 Å². The first-order chi connectivity index (χ1) is 8.41. The normalized spacial score (nSPS) is 11.1. The Morgan fingerprint density at radius 2 is 1.78 bits per heavy atom. The van der Waals surface area contributed by atoms with Crippen LogP contribution in [0.4, 0.5) is 5.69 Å². The second-order valence-corrected chi connectivity index (χ2v) is 4.35. The van der Waals surface area contributed by atoms with Crippen LogP contribution in [0.15, 0.2) is 24.3 Å². The molecule has 0 aliphatic rings. The van der Waals surface area contributed by atoms with Gasteiger partial charge < -0.3 is 4.74 Å². The van der Waals surface area contributed by atoms with E-state index in [0.29, 0.717) is 5.56 Å². The minimum absolute atomic E-state index is 0.0414. The first-order valence-corrected chi connectivity index (χ1v) is 5.89. The van der Waals surface area contributed by atoms with E-state index in [0.717, 1.165) is 12.8 Å². The Hall–Kier alpha value is -1.91. The number of carbonyl (C=O) groups is 1. The van der Waals surface area contributed by atoms with Gasteiger partial charge >= 0.3 is 5.97 Å². The van der Waals surface area contributed by atoms with Crippen molar-refractivity contribution in [2.45, 2.75) is 39.2 Å². The standard InChI is InChI=1S/C13H17NO4/c1-4-13(3,5-2)18-12(15)10-6-8-11(9-7-10)14(16)17/h6-9H,4-5H2,1-3H3. The summed E-state index contributed by atoms with van der Waals surface area (Å²) in [6.45, 7) is 5.77. The van der Waals surface area contributed by atoms with Gasteiger partial charge in [0.2, 0.25) is 0 Å². The number of ether oxygens (including phenoxy) is 1. The monoisotopic (exact) mass is 251 g/mol. The summed E-state index contributed by atoms with van der Waals surface area (Å²) in [5.74, 6) is -0.448. The Kier molecular flexibility index (Phi) is 4.42. The maximum atomic E-state index is 11.9. The Morgan fingerprint density at radius 1 is 1.28 bits per heavy atom. The number of nitro benzene ring substituents is 1. The van der Waals surface area contributed by atoms with Crippen LogP contribution in [0.1, 0.15) is 44.0 Å². The molecule has 0 saturated carbocycles. The number of hydrogen-bond donors (Lipinski definition) is 0. The molecule has 5 nitrogen and oxygen atoms in total. The second kappa shape index (κ2) is 5.62. The van der Waals surface area contributed by atoms with Crippen LogP contribution < -0.4 is 0 Å². The number of nitrogens with zero attached hydrogens (tertiary/aromatic N) is 1. The van der Waals surface area contributed by atoms with Crippen LogP contribution in [0, 0.1) is 10.1 Å². The summed E-state index contributed by atoms with van der Waals surface area (Å²) in [5, 5.41) is 10.5. The van der Waals surface area contributed by atoms with E-state index in [2.05, 4.69) is 0 Å². The van der Waals surface area contributed by atoms with E-state index in [1.54, 1.807) is 0 Å². The van der Waals surface area contributed by atoms with Crippen LogP contribution in [0.3, 0.4) is 0 Å². The number of non-ortho nitro benzene ring substituents is 1. The molecule has 5 heteroatoms. The maximum absolute atomic E-state index is 11.9. The average molecular weight is 251 g/mol. The highest BCUT2D eigenvalue weighted by atomic mass is 16.6. The molecule has 0 unspecified atom stereocenters. The molecule has 0 radical (unpaired) electrons. The first kappa shape index (κ1) is 14.2. The Balaban J connectivity index is 2.82. The van der Waals surface area contributed by atoms with Gasteiger partial charge in [0, 0.05) is 12.1 Å². The third-order valence-corrected chi connectivity index (χ3v) is 3.15. The molecular formula is C13H17NO4. The fourth-order valence-corrected chi connectivity index (χ4v) is 1.40. The zero-order chi connectivity index (χ0) is 13.8. The summed E-state index contributed by atoms with van der Waals surface area (Å²) in [6, 6.07) is 5.41. The van der Waals surface area contributed by atoms with E-state index in [4.69, 9.17) is 4.74 Å². The van der Waals surface area contributed by atoms with E-state index >= 15 is 0 Å². The number of hydrogen-bond acceptors (Lipinski definition) is 4. The van der Waals surface area contributed by atoms with Crippen molar-refractivity contribution in [1.29, 1.82) is 0 Å². The third-order valence-electron chi connectivity index (χ3n) is 3.15. The summed E-state index contributed by atoms with van der Waals surface area (Å²) < 4.78 is 5.41. The number of benzene rings is 1. The van der Waals surface area contributed by atoms with Crippen molar-refractivity contribution >= 4 is 11.7 Å². The number of carbonyl (C=O) groups excluding carboxylic acids is 1. The van der Waals surface area contributed by atoms with E-state index in [9.17, 15) is 14.9 Å². The molecule has 0 bridgehead atoms. The minimum atomic E-state index is -0.503. The highest BCUT2D eigenvalue weighted by Crippen LogP contribution is 2.22. The SMILES string of the molecule is CCC(C)(CC)OC(=O)c1ccc([N+](=O)[O-])cc1. The van der Waals surface area contributed by atoms with E-state index < -0.39 is 16.5 Å². The highest BCUT2D eigenvalue weighted by Gasteiger charge is 2.25. The van der Waals surface area contributed by atoms with Gasteiger partial charge in [-0.25, -0.2) is 4.79 Å². The summed E-state index contributed by atoms with van der Waals surface area (Å²) in [6.07, 6.45) is 1.45.